The lowest BCUT2D eigenvalue weighted by Gasteiger charge is -2.06. The summed E-state index contributed by atoms with van der Waals surface area (Å²) in [5, 5.41) is 7.35. The molecule has 2 aromatic rings. The minimum absolute atomic E-state index is 0.113. The second kappa shape index (κ2) is 7.39. The van der Waals surface area contributed by atoms with Crippen LogP contribution in [0.4, 0.5) is 5.69 Å². The lowest BCUT2D eigenvalue weighted by molar-refractivity contribution is -0.116. The maximum Gasteiger partial charge on any atom is 0.261 e. The third-order valence-corrected chi connectivity index (χ3v) is 4.10. The molecular weight excluding hydrogens is 387 g/mol. The van der Waals surface area contributed by atoms with Gasteiger partial charge in [0.1, 0.15) is 0 Å². The fraction of sp³-hybridized carbons (Fsp3) is 0.143. The molecule has 0 aliphatic carbocycles. The largest absolute Gasteiger partial charge is 0.351 e. The van der Waals surface area contributed by atoms with Gasteiger partial charge in [-0.1, -0.05) is 6.07 Å². The van der Waals surface area contributed by atoms with E-state index in [1.807, 2.05) is 35.7 Å². The van der Waals surface area contributed by atoms with Crippen LogP contribution in [0.1, 0.15) is 16.1 Å². The Kier molecular flexibility index (Phi) is 5.54. The molecule has 1 aromatic heterocycles. The van der Waals surface area contributed by atoms with Gasteiger partial charge in [0.15, 0.2) is 0 Å². The van der Waals surface area contributed by atoms with E-state index in [4.69, 9.17) is 0 Å². The number of thiophene rings is 1. The monoisotopic (exact) mass is 400 g/mol. The van der Waals surface area contributed by atoms with Crippen molar-refractivity contribution in [2.24, 2.45) is 0 Å². The van der Waals surface area contributed by atoms with Gasteiger partial charge >= 0.3 is 0 Å². The standard InChI is InChI=1S/C14H13IN2O2S/c15-10-3-5-11(6-4-10)17-13(18)7-8-16-14(19)12-2-1-9-20-12/h1-6,9H,7-8H2,(H,16,19)(H,17,18). The van der Waals surface area contributed by atoms with Crippen molar-refractivity contribution in [2.75, 3.05) is 11.9 Å². The molecule has 0 aliphatic heterocycles. The average Bonchev–Trinajstić information content (AvgIpc) is 2.95. The zero-order valence-corrected chi connectivity index (χ0v) is 13.5. The van der Waals surface area contributed by atoms with Crippen LogP contribution >= 0.6 is 33.9 Å². The summed E-state index contributed by atoms with van der Waals surface area (Å²) >= 11 is 3.59. The molecule has 20 heavy (non-hydrogen) atoms. The van der Waals surface area contributed by atoms with E-state index < -0.39 is 0 Å². The Morgan fingerprint density at radius 3 is 2.55 bits per heavy atom. The molecule has 4 nitrogen and oxygen atoms in total. The lowest BCUT2D eigenvalue weighted by atomic mass is 10.3. The third kappa shape index (κ3) is 4.61. The van der Waals surface area contributed by atoms with E-state index in [9.17, 15) is 9.59 Å². The number of hydrogen-bond donors (Lipinski definition) is 2. The molecule has 0 saturated carbocycles. The quantitative estimate of drug-likeness (QED) is 0.758. The molecule has 0 radical (unpaired) electrons. The predicted octanol–water partition coefficient (Wildman–Crippen LogP) is 3.11. The Morgan fingerprint density at radius 2 is 1.90 bits per heavy atom. The molecule has 2 rings (SSSR count). The van der Waals surface area contributed by atoms with Crippen LogP contribution in [-0.4, -0.2) is 18.4 Å². The van der Waals surface area contributed by atoms with E-state index in [-0.39, 0.29) is 18.2 Å². The van der Waals surface area contributed by atoms with Gasteiger partial charge in [-0.15, -0.1) is 11.3 Å². The first-order valence-corrected chi connectivity index (χ1v) is 7.98. The van der Waals surface area contributed by atoms with E-state index >= 15 is 0 Å². The van der Waals surface area contributed by atoms with Crippen LogP contribution in [0.3, 0.4) is 0 Å². The van der Waals surface area contributed by atoms with Gasteiger partial charge in [-0.25, -0.2) is 0 Å². The summed E-state index contributed by atoms with van der Waals surface area (Å²) in [4.78, 5) is 24.0. The SMILES string of the molecule is O=C(CCNC(=O)c1cccs1)Nc1ccc(I)cc1. The second-order valence-corrected chi connectivity index (χ2v) is 6.23. The van der Waals surface area contributed by atoms with Crippen LogP contribution in [0, 0.1) is 3.57 Å². The Balaban J connectivity index is 1.73. The number of benzene rings is 1. The molecule has 0 aliphatic rings. The molecule has 0 atom stereocenters. The van der Waals surface area contributed by atoms with Gasteiger partial charge in [0.2, 0.25) is 5.91 Å². The number of carbonyl (C=O) groups is 2. The topological polar surface area (TPSA) is 58.2 Å². The van der Waals surface area contributed by atoms with Gasteiger partial charge < -0.3 is 10.6 Å². The Hall–Kier alpha value is -1.41. The van der Waals surface area contributed by atoms with Crippen molar-refractivity contribution in [3.8, 4) is 0 Å². The minimum atomic E-state index is -0.137. The van der Waals surface area contributed by atoms with Crippen molar-refractivity contribution < 1.29 is 9.59 Å². The van der Waals surface area contributed by atoms with Crippen molar-refractivity contribution >= 4 is 51.4 Å². The predicted molar refractivity (Wildman–Crippen MR) is 89.1 cm³/mol. The number of anilines is 1. The molecule has 1 heterocycles. The van der Waals surface area contributed by atoms with Gasteiger partial charge in [-0.05, 0) is 58.3 Å². The molecule has 0 fully saturated rings. The number of rotatable bonds is 5. The molecule has 2 N–H and O–H groups in total. The fourth-order valence-corrected chi connectivity index (χ4v) is 2.54. The molecule has 0 spiro atoms. The van der Waals surface area contributed by atoms with Crippen LogP contribution < -0.4 is 10.6 Å². The van der Waals surface area contributed by atoms with E-state index in [0.29, 0.717) is 11.4 Å². The molecule has 6 heteroatoms. The molecule has 2 amide bonds. The Labute approximate surface area is 134 Å². The smallest absolute Gasteiger partial charge is 0.261 e. The molecule has 0 bridgehead atoms. The molecule has 104 valence electrons. The number of nitrogens with one attached hydrogen (secondary N) is 2. The van der Waals surface area contributed by atoms with Crippen LogP contribution in [-0.2, 0) is 4.79 Å². The summed E-state index contributed by atoms with van der Waals surface area (Å²) in [5.74, 6) is -0.250. The molecule has 0 saturated heterocycles. The van der Waals surface area contributed by atoms with Crippen LogP contribution in [0.25, 0.3) is 0 Å². The first kappa shape index (κ1) is 15.0. The van der Waals surface area contributed by atoms with Crippen molar-refractivity contribution in [3.05, 3.63) is 50.2 Å². The lowest BCUT2D eigenvalue weighted by Crippen LogP contribution is -2.27. The van der Waals surface area contributed by atoms with Crippen molar-refractivity contribution in [2.45, 2.75) is 6.42 Å². The Morgan fingerprint density at radius 1 is 1.15 bits per heavy atom. The summed E-state index contributed by atoms with van der Waals surface area (Å²) in [6.45, 7) is 0.326. The minimum Gasteiger partial charge on any atom is -0.351 e. The van der Waals surface area contributed by atoms with Crippen LogP contribution in [0.15, 0.2) is 41.8 Å². The summed E-state index contributed by atoms with van der Waals surface area (Å²) in [5.41, 5.74) is 0.764. The molecule has 1 aromatic carbocycles. The fourth-order valence-electron chi connectivity index (χ4n) is 1.54. The number of carbonyl (C=O) groups excluding carboxylic acids is 2. The molecular formula is C14H13IN2O2S. The van der Waals surface area contributed by atoms with Gasteiger partial charge in [0, 0.05) is 22.2 Å². The van der Waals surface area contributed by atoms with Gasteiger partial charge in [0.25, 0.3) is 5.91 Å². The maximum atomic E-state index is 11.7. The van der Waals surface area contributed by atoms with Crippen molar-refractivity contribution in [1.82, 2.24) is 5.32 Å². The highest BCUT2D eigenvalue weighted by Gasteiger charge is 2.07. The zero-order valence-electron chi connectivity index (χ0n) is 10.6. The van der Waals surface area contributed by atoms with Gasteiger partial charge in [-0.3, -0.25) is 9.59 Å². The maximum absolute atomic E-state index is 11.7. The van der Waals surface area contributed by atoms with Crippen LogP contribution in [0.5, 0.6) is 0 Å². The van der Waals surface area contributed by atoms with E-state index in [0.717, 1.165) is 9.26 Å². The summed E-state index contributed by atoms with van der Waals surface area (Å²) < 4.78 is 1.11. The van der Waals surface area contributed by atoms with E-state index in [1.54, 1.807) is 6.07 Å². The third-order valence-electron chi connectivity index (χ3n) is 2.51. The Bertz CT molecular complexity index is 582. The first-order valence-electron chi connectivity index (χ1n) is 6.02. The second-order valence-electron chi connectivity index (χ2n) is 4.04. The number of halogens is 1. The van der Waals surface area contributed by atoms with E-state index in [2.05, 4.69) is 33.2 Å². The van der Waals surface area contributed by atoms with Crippen molar-refractivity contribution in [1.29, 1.82) is 0 Å². The normalized spacial score (nSPS) is 10.1. The van der Waals surface area contributed by atoms with Gasteiger partial charge in [-0.2, -0.15) is 0 Å². The zero-order chi connectivity index (χ0) is 14.4. The number of hydrogen-bond acceptors (Lipinski definition) is 3. The summed E-state index contributed by atoms with van der Waals surface area (Å²) in [6, 6.07) is 11.1. The molecule has 0 unspecified atom stereocenters. The highest BCUT2D eigenvalue weighted by Crippen LogP contribution is 2.11. The average molecular weight is 400 g/mol. The summed E-state index contributed by atoms with van der Waals surface area (Å²) in [6.07, 6.45) is 0.253. The highest BCUT2D eigenvalue weighted by atomic mass is 127. The van der Waals surface area contributed by atoms with Gasteiger partial charge in [0.05, 0.1) is 4.88 Å². The number of amides is 2. The first-order chi connectivity index (χ1) is 9.65. The summed E-state index contributed by atoms with van der Waals surface area (Å²) in [7, 11) is 0. The van der Waals surface area contributed by atoms with Crippen LogP contribution in [0.2, 0.25) is 0 Å². The van der Waals surface area contributed by atoms with E-state index in [1.165, 1.54) is 11.3 Å². The highest BCUT2D eigenvalue weighted by molar-refractivity contribution is 14.1. The van der Waals surface area contributed by atoms with Crippen molar-refractivity contribution in [3.63, 3.8) is 0 Å².